The molecule has 2 unspecified atom stereocenters. The highest BCUT2D eigenvalue weighted by molar-refractivity contribution is 9.11. The van der Waals surface area contributed by atoms with Crippen LogP contribution >= 0.6 is 39.1 Å². The summed E-state index contributed by atoms with van der Waals surface area (Å²) in [5.41, 5.74) is 0. The van der Waals surface area contributed by atoms with Crippen molar-refractivity contribution in [2.45, 2.75) is 10.4 Å². The summed E-state index contributed by atoms with van der Waals surface area (Å²) >= 11 is 15.2. The molecule has 2 atom stereocenters. The number of rotatable bonds is 1. The van der Waals surface area contributed by atoms with Gasteiger partial charge in [-0.15, -0.1) is 11.6 Å². The second kappa shape index (κ2) is 6.04. The molecule has 0 aromatic heterocycles. The zero-order chi connectivity index (χ0) is 10.5. The van der Waals surface area contributed by atoms with Crippen LogP contribution in [-0.4, -0.2) is 29.8 Å². The van der Waals surface area contributed by atoms with E-state index >= 15 is 0 Å². The molecule has 0 spiro atoms. The second-order valence-electron chi connectivity index (χ2n) is 2.18. The first-order chi connectivity index (χ1) is 6.10. The molecule has 0 bridgehead atoms. The Balaban J connectivity index is 0.000000671. The Morgan fingerprint density at radius 2 is 2.15 bits per heavy atom. The van der Waals surface area contributed by atoms with E-state index in [0.29, 0.717) is 0 Å². The summed E-state index contributed by atoms with van der Waals surface area (Å²) in [6.07, 6.45) is 5.37. The zero-order valence-corrected chi connectivity index (χ0v) is 10.4. The molecule has 2 nitrogen and oxygen atoms in total. The maximum absolute atomic E-state index is 7.00. The third-order valence-corrected chi connectivity index (χ3v) is 3.63. The first kappa shape index (κ1) is 13.5. The molecule has 0 fully saturated rings. The molecule has 0 saturated carbocycles. The van der Waals surface area contributed by atoms with E-state index in [1.807, 2.05) is 6.08 Å². The van der Waals surface area contributed by atoms with Crippen molar-refractivity contribution in [2.24, 2.45) is 0 Å². The van der Waals surface area contributed by atoms with Gasteiger partial charge in [0, 0.05) is 18.7 Å². The van der Waals surface area contributed by atoms with Crippen molar-refractivity contribution < 1.29 is 9.84 Å². The van der Waals surface area contributed by atoms with Gasteiger partial charge < -0.3 is 9.84 Å². The molecule has 0 heterocycles. The lowest BCUT2D eigenvalue weighted by atomic mass is 10.1. The summed E-state index contributed by atoms with van der Waals surface area (Å²) in [5, 5.41) is 5.73. The summed E-state index contributed by atoms with van der Waals surface area (Å²) in [7, 11) is 2.53. The molecule has 0 aromatic carbocycles. The van der Waals surface area contributed by atoms with E-state index in [1.54, 1.807) is 12.2 Å². The van der Waals surface area contributed by atoms with Crippen molar-refractivity contribution in [3.63, 3.8) is 0 Å². The fourth-order valence-corrected chi connectivity index (χ4v) is 1.85. The number of ether oxygens (including phenoxy) is 1. The molecule has 1 aliphatic carbocycles. The van der Waals surface area contributed by atoms with Gasteiger partial charge >= 0.3 is 0 Å². The van der Waals surface area contributed by atoms with Crippen molar-refractivity contribution in [3.05, 3.63) is 22.7 Å². The number of hydrogen-bond acceptors (Lipinski definition) is 2. The van der Waals surface area contributed by atoms with Crippen LogP contribution in [0.2, 0.25) is 0 Å². The molecule has 1 aliphatic rings. The first-order valence-electron chi connectivity index (χ1n) is 3.48. The largest absolute Gasteiger partial charge is 0.400 e. The highest BCUT2D eigenvalue weighted by atomic mass is 79.9. The Morgan fingerprint density at radius 1 is 1.62 bits per heavy atom. The van der Waals surface area contributed by atoms with Gasteiger partial charge in [-0.25, -0.2) is 0 Å². The second-order valence-corrected chi connectivity index (χ2v) is 4.12. The number of allylic oxidation sites excluding steroid dienone is 2. The van der Waals surface area contributed by atoms with E-state index in [9.17, 15) is 0 Å². The van der Waals surface area contributed by atoms with Crippen LogP contribution in [0.3, 0.4) is 0 Å². The number of halogens is 3. The van der Waals surface area contributed by atoms with Gasteiger partial charge in [-0.2, -0.15) is 0 Å². The smallest absolute Gasteiger partial charge is 0.181 e. The van der Waals surface area contributed by atoms with Crippen LogP contribution in [0.25, 0.3) is 0 Å². The summed E-state index contributed by atoms with van der Waals surface area (Å²) in [5.74, 6) is 0. The number of alkyl halides is 2. The van der Waals surface area contributed by atoms with Gasteiger partial charge in [0.05, 0.1) is 0 Å². The van der Waals surface area contributed by atoms with E-state index in [0.717, 1.165) is 11.6 Å². The van der Waals surface area contributed by atoms with E-state index < -0.39 is 5.06 Å². The predicted molar refractivity (Wildman–Crippen MR) is 59.5 cm³/mol. The molecular weight excluding hydrogens is 279 g/mol. The highest BCUT2D eigenvalue weighted by Gasteiger charge is 2.36. The van der Waals surface area contributed by atoms with Gasteiger partial charge in [0.25, 0.3) is 0 Å². The molecule has 1 N–H and O–H groups in total. The quantitative estimate of drug-likeness (QED) is 0.752. The Morgan fingerprint density at radius 3 is 2.54 bits per heavy atom. The average molecular weight is 290 g/mol. The lowest BCUT2D eigenvalue weighted by molar-refractivity contribution is 0.108. The van der Waals surface area contributed by atoms with Gasteiger partial charge in [-0.1, -0.05) is 39.7 Å². The molecule has 0 radical (unpaired) electrons. The van der Waals surface area contributed by atoms with Crippen LogP contribution in [0.1, 0.15) is 0 Å². The standard InChI is InChI=1S/C7H7BrCl2O.CH4O/c1-11-7(10)4-2-3-5(8)6(7)9;1-2/h2-4,6H,1H3;2H,1H3. The SMILES string of the molecule is CO.COC1(Cl)C=CC=C(Br)C1Cl. The van der Waals surface area contributed by atoms with Crippen LogP contribution in [0.15, 0.2) is 22.7 Å². The lowest BCUT2D eigenvalue weighted by Gasteiger charge is -2.28. The Bertz CT molecular complexity index is 218. The minimum Gasteiger partial charge on any atom is -0.400 e. The molecule has 0 aromatic rings. The Hall–Kier alpha value is 0.460. The number of aliphatic hydroxyl groups excluding tert-OH is 1. The van der Waals surface area contributed by atoms with Crippen LogP contribution in [0.5, 0.6) is 0 Å². The Labute approximate surface area is 96.3 Å². The van der Waals surface area contributed by atoms with Crippen LogP contribution in [0, 0.1) is 0 Å². The zero-order valence-electron chi connectivity index (χ0n) is 7.30. The summed E-state index contributed by atoms with van der Waals surface area (Å²) < 4.78 is 5.87. The van der Waals surface area contributed by atoms with Crippen LogP contribution in [-0.2, 0) is 4.74 Å². The maximum atomic E-state index is 7.00. The fraction of sp³-hybridized carbons (Fsp3) is 0.500. The lowest BCUT2D eigenvalue weighted by Crippen LogP contribution is -2.34. The summed E-state index contributed by atoms with van der Waals surface area (Å²) in [6.45, 7) is 0. The van der Waals surface area contributed by atoms with Crippen LogP contribution < -0.4 is 0 Å². The van der Waals surface area contributed by atoms with Gasteiger partial charge in [0.15, 0.2) is 5.06 Å². The minimum absolute atomic E-state index is 0.362. The molecule has 13 heavy (non-hydrogen) atoms. The van der Waals surface area contributed by atoms with Crippen molar-refractivity contribution in [2.75, 3.05) is 14.2 Å². The van der Waals surface area contributed by atoms with Gasteiger partial charge in [0.1, 0.15) is 5.38 Å². The van der Waals surface area contributed by atoms with E-state index in [4.69, 9.17) is 33.0 Å². The van der Waals surface area contributed by atoms with Gasteiger partial charge in [0.2, 0.25) is 0 Å². The summed E-state index contributed by atoms with van der Waals surface area (Å²) in [6, 6.07) is 0. The third kappa shape index (κ3) is 3.26. The van der Waals surface area contributed by atoms with E-state index in [-0.39, 0.29) is 5.38 Å². The normalized spacial score (nSPS) is 31.8. The molecular formula is C8H11BrCl2O2. The molecule has 0 amide bonds. The molecule has 1 rings (SSSR count). The molecule has 0 saturated heterocycles. The van der Waals surface area contributed by atoms with Gasteiger partial charge in [-0.05, 0) is 6.08 Å². The van der Waals surface area contributed by atoms with Crippen molar-refractivity contribution in [1.29, 1.82) is 0 Å². The monoisotopic (exact) mass is 288 g/mol. The molecule has 5 heteroatoms. The van der Waals surface area contributed by atoms with Gasteiger partial charge in [-0.3, -0.25) is 0 Å². The van der Waals surface area contributed by atoms with Crippen molar-refractivity contribution in [1.82, 2.24) is 0 Å². The summed E-state index contributed by atoms with van der Waals surface area (Å²) in [4.78, 5) is 0. The van der Waals surface area contributed by atoms with Crippen LogP contribution in [0.4, 0.5) is 0 Å². The van der Waals surface area contributed by atoms with E-state index in [2.05, 4.69) is 15.9 Å². The minimum atomic E-state index is -0.908. The number of methoxy groups -OCH3 is 1. The predicted octanol–water partition coefficient (Wildman–Crippen LogP) is 2.63. The average Bonchev–Trinajstić information content (AvgIpc) is 2.17. The van der Waals surface area contributed by atoms with Crippen molar-refractivity contribution >= 4 is 39.1 Å². The first-order valence-corrected chi connectivity index (χ1v) is 5.08. The maximum Gasteiger partial charge on any atom is 0.181 e. The molecule has 76 valence electrons. The number of hydrogen-bond donors (Lipinski definition) is 1. The highest BCUT2D eigenvalue weighted by Crippen LogP contribution is 2.37. The molecule has 0 aliphatic heterocycles. The topological polar surface area (TPSA) is 29.5 Å². The van der Waals surface area contributed by atoms with Crippen molar-refractivity contribution in [3.8, 4) is 0 Å². The fourth-order valence-electron chi connectivity index (χ4n) is 0.800. The number of aliphatic hydroxyl groups is 1. The third-order valence-electron chi connectivity index (χ3n) is 1.48. The Kier molecular flexibility index (Phi) is 6.25. The van der Waals surface area contributed by atoms with E-state index in [1.165, 1.54) is 7.11 Å².